The number of benzene rings is 2. The largest absolute Gasteiger partial charge is 0.494 e. The molecule has 2 rings (SSSR count). The highest BCUT2D eigenvalue weighted by molar-refractivity contribution is 7.92. The summed E-state index contributed by atoms with van der Waals surface area (Å²) >= 11 is 5.72. The fourth-order valence-electron chi connectivity index (χ4n) is 2.03. The molecule has 0 spiro atoms. The van der Waals surface area contributed by atoms with Crippen LogP contribution in [0.2, 0.25) is 5.02 Å². The first-order valence-corrected chi connectivity index (χ1v) is 8.55. The SMILES string of the molecule is C=CCN(c1ccc(F)c(Cl)c1)S(=O)(=O)c1ccc(OC)c(F)c1. The van der Waals surface area contributed by atoms with Gasteiger partial charge in [0.1, 0.15) is 5.82 Å². The fourth-order valence-corrected chi connectivity index (χ4v) is 3.65. The number of hydrogen-bond acceptors (Lipinski definition) is 3. The van der Waals surface area contributed by atoms with Gasteiger partial charge in [-0.1, -0.05) is 17.7 Å². The van der Waals surface area contributed by atoms with Gasteiger partial charge in [-0.3, -0.25) is 4.31 Å². The third kappa shape index (κ3) is 3.52. The Hall–Kier alpha value is -2.12. The van der Waals surface area contributed by atoms with Gasteiger partial charge in [-0.15, -0.1) is 6.58 Å². The van der Waals surface area contributed by atoms with E-state index in [9.17, 15) is 17.2 Å². The highest BCUT2D eigenvalue weighted by Crippen LogP contribution is 2.29. The van der Waals surface area contributed by atoms with Crippen molar-refractivity contribution in [2.24, 2.45) is 0 Å². The Morgan fingerprint density at radius 2 is 1.92 bits per heavy atom. The van der Waals surface area contributed by atoms with E-state index in [0.29, 0.717) is 0 Å². The Morgan fingerprint density at radius 1 is 1.21 bits per heavy atom. The Morgan fingerprint density at radius 3 is 2.46 bits per heavy atom. The van der Waals surface area contributed by atoms with Gasteiger partial charge in [0.2, 0.25) is 0 Å². The van der Waals surface area contributed by atoms with Crippen LogP contribution in [0.1, 0.15) is 0 Å². The lowest BCUT2D eigenvalue weighted by Crippen LogP contribution is -2.31. The Bertz CT molecular complexity index is 872. The van der Waals surface area contributed by atoms with Gasteiger partial charge in [0.25, 0.3) is 10.0 Å². The molecule has 0 fully saturated rings. The molecule has 0 atom stereocenters. The summed E-state index contributed by atoms with van der Waals surface area (Å²) in [6.45, 7) is 3.41. The molecular formula is C16H14ClF2NO3S. The summed E-state index contributed by atoms with van der Waals surface area (Å²) in [6.07, 6.45) is 1.36. The average molecular weight is 374 g/mol. The number of methoxy groups -OCH3 is 1. The van der Waals surface area contributed by atoms with E-state index in [-0.39, 0.29) is 27.9 Å². The van der Waals surface area contributed by atoms with Crippen molar-refractivity contribution in [1.82, 2.24) is 0 Å². The lowest BCUT2D eigenvalue weighted by Gasteiger charge is -2.23. The van der Waals surface area contributed by atoms with Gasteiger partial charge >= 0.3 is 0 Å². The van der Waals surface area contributed by atoms with Crippen LogP contribution in [0, 0.1) is 11.6 Å². The van der Waals surface area contributed by atoms with Gasteiger partial charge < -0.3 is 4.74 Å². The van der Waals surface area contributed by atoms with Gasteiger partial charge in [0.15, 0.2) is 11.6 Å². The van der Waals surface area contributed by atoms with Gasteiger partial charge in [-0.2, -0.15) is 0 Å². The van der Waals surface area contributed by atoms with E-state index in [2.05, 4.69) is 6.58 Å². The lowest BCUT2D eigenvalue weighted by atomic mass is 10.3. The van der Waals surface area contributed by atoms with Crippen LogP contribution in [0.4, 0.5) is 14.5 Å². The topological polar surface area (TPSA) is 46.6 Å². The fraction of sp³-hybridized carbons (Fsp3) is 0.125. The van der Waals surface area contributed by atoms with Crippen molar-refractivity contribution in [2.75, 3.05) is 18.0 Å². The van der Waals surface area contributed by atoms with Gasteiger partial charge in [0.05, 0.1) is 29.3 Å². The van der Waals surface area contributed by atoms with Crippen molar-refractivity contribution in [3.63, 3.8) is 0 Å². The highest BCUT2D eigenvalue weighted by atomic mass is 35.5. The summed E-state index contributed by atoms with van der Waals surface area (Å²) in [4.78, 5) is -0.275. The number of rotatable bonds is 6. The van der Waals surface area contributed by atoms with E-state index in [0.717, 1.165) is 16.4 Å². The molecule has 0 aliphatic carbocycles. The zero-order chi connectivity index (χ0) is 17.9. The molecule has 0 radical (unpaired) electrons. The van der Waals surface area contributed by atoms with Crippen LogP contribution in [0.15, 0.2) is 53.9 Å². The number of nitrogens with zero attached hydrogens (tertiary/aromatic N) is 1. The molecule has 0 aliphatic heterocycles. The molecule has 128 valence electrons. The minimum absolute atomic E-state index is 0.0750. The van der Waals surface area contributed by atoms with Crippen molar-refractivity contribution < 1.29 is 21.9 Å². The summed E-state index contributed by atoms with van der Waals surface area (Å²) in [5.41, 5.74) is 0.137. The van der Waals surface area contributed by atoms with E-state index < -0.39 is 21.7 Å². The molecule has 24 heavy (non-hydrogen) atoms. The Kier molecular flexibility index (Phi) is 5.46. The monoisotopic (exact) mass is 373 g/mol. The molecule has 0 amide bonds. The molecule has 0 N–H and O–H groups in total. The molecule has 0 saturated heterocycles. The standard InChI is InChI=1S/C16H14ClF2NO3S/c1-3-8-20(11-4-6-14(18)13(17)9-11)24(21,22)12-5-7-16(23-2)15(19)10-12/h3-7,9-10H,1,8H2,2H3. The van der Waals surface area contributed by atoms with E-state index >= 15 is 0 Å². The zero-order valence-electron chi connectivity index (χ0n) is 12.7. The molecule has 0 heterocycles. The van der Waals surface area contributed by atoms with Crippen LogP contribution in [0.5, 0.6) is 5.75 Å². The normalized spacial score (nSPS) is 11.2. The van der Waals surface area contributed by atoms with E-state index in [1.54, 1.807) is 0 Å². The van der Waals surface area contributed by atoms with Gasteiger partial charge in [-0.05, 0) is 36.4 Å². The number of halogens is 3. The van der Waals surface area contributed by atoms with Crippen molar-refractivity contribution in [3.8, 4) is 5.75 Å². The molecule has 2 aromatic carbocycles. The maximum absolute atomic E-state index is 13.9. The molecule has 2 aromatic rings. The van der Waals surface area contributed by atoms with Crippen LogP contribution in [-0.4, -0.2) is 22.1 Å². The van der Waals surface area contributed by atoms with Crippen LogP contribution in [0.25, 0.3) is 0 Å². The molecule has 0 aliphatic rings. The second kappa shape index (κ2) is 7.19. The molecule has 8 heteroatoms. The molecule has 0 aromatic heterocycles. The average Bonchev–Trinajstić information content (AvgIpc) is 2.55. The second-order valence-corrected chi connectivity index (χ2v) is 6.99. The quantitative estimate of drug-likeness (QED) is 0.719. The molecule has 0 saturated carbocycles. The predicted molar refractivity (Wildman–Crippen MR) is 89.1 cm³/mol. The maximum atomic E-state index is 13.9. The maximum Gasteiger partial charge on any atom is 0.264 e. The van der Waals surface area contributed by atoms with Crippen LogP contribution >= 0.6 is 11.6 Å². The Balaban J connectivity index is 2.54. The summed E-state index contributed by atoms with van der Waals surface area (Å²) in [5.74, 6) is -1.56. The third-order valence-electron chi connectivity index (χ3n) is 3.20. The van der Waals surface area contributed by atoms with Crippen molar-refractivity contribution in [2.45, 2.75) is 4.90 Å². The highest BCUT2D eigenvalue weighted by Gasteiger charge is 2.25. The van der Waals surface area contributed by atoms with Gasteiger partial charge in [-0.25, -0.2) is 17.2 Å². The predicted octanol–water partition coefficient (Wildman–Crippen LogP) is 4.01. The summed E-state index contributed by atoms with van der Waals surface area (Å²) in [7, 11) is -2.83. The zero-order valence-corrected chi connectivity index (χ0v) is 14.2. The number of ether oxygens (including phenoxy) is 1. The first-order chi connectivity index (χ1) is 11.3. The second-order valence-electron chi connectivity index (χ2n) is 4.72. The van der Waals surface area contributed by atoms with Crippen LogP contribution in [0.3, 0.4) is 0 Å². The molecule has 4 nitrogen and oxygen atoms in total. The first-order valence-electron chi connectivity index (χ1n) is 6.73. The van der Waals surface area contributed by atoms with E-state index in [1.807, 2.05) is 0 Å². The first kappa shape index (κ1) is 18.2. The molecule has 0 bridgehead atoms. The summed E-state index contributed by atoms with van der Waals surface area (Å²) in [5, 5.41) is -0.224. The third-order valence-corrected chi connectivity index (χ3v) is 5.28. The van der Waals surface area contributed by atoms with Crippen molar-refractivity contribution in [1.29, 1.82) is 0 Å². The number of sulfonamides is 1. The minimum Gasteiger partial charge on any atom is -0.494 e. The van der Waals surface area contributed by atoms with Crippen molar-refractivity contribution in [3.05, 3.63) is 65.7 Å². The van der Waals surface area contributed by atoms with Gasteiger partial charge in [0, 0.05) is 0 Å². The lowest BCUT2D eigenvalue weighted by molar-refractivity contribution is 0.385. The number of hydrogen-bond donors (Lipinski definition) is 0. The van der Waals surface area contributed by atoms with Crippen molar-refractivity contribution >= 4 is 27.3 Å². The summed E-state index contributed by atoms with van der Waals surface area (Å²) < 4.78 is 58.5. The smallest absolute Gasteiger partial charge is 0.264 e. The van der Waals surface area contributed by atoms with Crippen LogP contribution < -0.4 is 9.04 Å². The van der Waals surface area contributed by atoms with Crippen LogP contribution in [-0.2, 0) is 10.0 Å². The minimum atomic E-state index is -4.11. The number of anilines is 1. The van der Waals surface area contributed by atoms with E-state index in [4.69, 9.17) is 16.3 Å². The molecular weight excluding hydrogens is 360 g/mol. The molecule has 0 unspecified atom stereocenters. The Labute approximate surface area is 144 Å². The summed E-state index contributed by atoms with van der Waals surface area (Å²) in [6, 6.07) is 6.79. The van der Waals surface area contributed by atoms with E-state index in [1.165, 1.54) is 37.5 Å².